The van der Waals surface area contributed by atoms with E-state index < -0.39 is 5.41 Å². The molecule has 0 spiro atoms. The maximum Gasteiger partial charge on any atom is 0.232 e. The van der Waals surface area contributed by atoms with Crippen LogP contribution in [0.3, 0.4) is 0 Å². The van der Waals surface area contributed by atoms with Gasteiger partial charge in [0.2, 0.25) is 5.91 Å². The Kier molecular flexibility index (Phi) is 3.71. The summed E-state index contributed by atoms with van der Waals surface area (Å²) in [5.74, 6) is 0.116. The molecule has 3 heteroatoms. The van der Waals surface area contributed by atoms with Gasteiger partial charge >= 0.3 is 0 Å². The summed E-state index contributed by atoms with van der Waals surface area (Å²) in [6.45, 7) is 4.74. The molecule has 18 heavy (non-hydrogen) atoms. The number of aliphatic hydroxyl groups excluding tert-OH is 1. The van der Waals surface area contributed by atoms with E-state index in [0.29, 0.717) is 0 Å². The Morgan fingerprint density at radius 2 is 2.06 bits per heavy atom. The second-order valence-corrected chi connectivity index (χ2v) is 5.47. The third-order valence-corrected chi connectivity index (χ3v) is 3.88. The highest BCUT2D eigenvalue weighted by molar-refractivity contribution is 5.87. The van der Waals surface area contributed by atoms with Crippen molar-refractivity contribution in [2.24, 2.45) is 0 Å². The van der Waals surface area contributed by atoms with Gasteiger partial charge in [0.05, 0.1) is 18.1 Å². The number of carbonyl (C=O) groups is 1. The van der Waals surface area contributed by atoms with Crippen molar-refractivity contribution in [1.82, 2.24) is 4.90 Å². The number of rotatable bonds is 3. The van der Waals surface area contributed by atoms with Gasteiger partial charge in [-0.05, 0) is 32.3 Å². The van der Waals surface area contributed by atoms with Crippen LogP contribution in [0.5, 0.6) is 0 Å². The Morgan fingerprint density at radius 3 is 2.67 bits per heavy atom. The quantitative estimate of drug-likeness (QED) is 0.887. The lowest BCUT2D eigenvalue weighted by atomic mass is 9.83. The molecule has 1 aromatic rings. The van der Waals surface area contributed by atoms with Crippen LogP contribution in [0, 0.1) is 0 Å². The monoisotopic (exact) mass is 247 g/mol. The van der Waals surface area contributed by atoms with Gasteiger partial charge in [0.25, 0.3) is 0 Å². The molecule has 1 aliphatic heterocycles. The number of likely N-dealkylation sites (tertiary alicyclic amines) is 1. The van der Waals surface area contributed by atoms with E-state index >= 15 is 0 Å². The van der Waals surface area contributed by atoms with Crippen LogP contribution in [0.2, 0.25) is 0 Å². The average Bonchev–Trinajstić information content (AvgIpc) is 2.87. The standard InChI is InChI=1S/C15H21NO2/c1-15(2,12-7-4-3-5-8-12)14(18)16-10-6-9-13(16)11-17/h3-5,7-8,13,17H,6,9-11H2,1-2H3. The summed E-state index contributed by atoms with van der Waals surface area (Å²) in [6.07, 6.45) is 1.90. The summed E-state index contributed by atoms with van der Waals surface area (Å²) in [7, 11) is 0. The molecule has 0 aromatic heterocycles. The number of hydrogen-bond acceptors (Lipinski definition) is 2. The molecule has 0 bridgehead atoms. The molecule has 0 aliphatic carbocycles. The molecule has 0 saturated carbocycles. The predicted octanol–water partition coefficient (Wildman–Crippen LogP) is 1.95. The molecule has 98 valence electrons. The molecule has 1 aliphatic rings. The van der Waals surface area contributed by atoms with Gasteiger partial charge in [-0.25, -0.2) is 0 Å². The number of amides is 1. The fourth-order valence-electron chi connectivity index (χ4n) is 2.63. The van der Waals surface area contributed by atoms with E-state index in [1.54, 1.807) is 0 Å². The zero-order valence-corrected chi connectivity index (χ0v) is 11.1. The third-order valence-electron chi connectivity index (χ3n) is 3.88. The van der Waals surface area contributed by atoms with Gasteiger partial charge in [0.1, 0.15) is 0 Å². The Labute approximate surface area is 108 Å². The van der Waals surface area contributed by atoms with Crippen LogP contribution >= 0.6 is 0 Å². The molecule has 1 saturated heterocycles. The first kappa shape index (κ1) is 13.1. The predicted molar refractivity (Wildman–Crippen MR) is 71.3 cm³/mol. The molecular weight excluding hydrogens is 226 g/mol. The maximum absolute atomic E-state index is 12.7. The van der Waals surface area contributed by atoms with Gasteiger partial charge in [0.15, 0.2) is 0 Å². The van der Waals surface area contributed by atoms with Crippen molar-refractivity contribution < 1.29 is 9.90 Å². The van der Waals surface area contributed by atoms with Crippen molar-refractivity contribution >= 4 is 5.91 Å². The van der Waals surface area contributed by atoms with E-state index in [9.17, 15) is 9.90 Å². The van der Waals surface area contributed by atoms with Gasteiger partial charge in [-0.3, -0.25) is 4.79 Å². The van der Waals surface area contributed by atoms with E-state index in [4.69, 9.17) is 0 Å². The van der Waals surface area contributed by atoms with E-state index in [2.05, 4.69) is 0 Å². The van der Waals surface area contributed by atoms with Gasteiger partial charge in [-0.1, -0.05) is 30.3 Å². The van der Waals surface area contributed by atoms with Gasteiger partial charge in [-0.15, -0.1) is 0 Å². The van der Waals surface area contributed by atoms with E-state index in [-0.39, 0.29) is 18.6 Å². The number of benzene rings is 1. The normalized spacial score (nSPS) is 20.2. The molecule has 0 radical (unpaired) electrons. The highest BCUT2D eigenvalue weighted by Crippen LogP contribution is 2.29. The maximum atomic E-state index is 12.7. The first-order valence-corrected chi connectivity index (χ1v) is 6.55. The summed E-state index contributed by atoms with van der Waals surface area (Å²) in [5, 5.41) is 9.33. The summed E-state index contributed by atoms with van der Waals surface area (Å²) >= 11 is 0. The second kappa shape index (κ2) is 5.11. The first-order valence-electron chi connectivity index (χ1n) is 6.55. The van der Waals surface area contributed by atoms with Crippen molar-refractivity contribution in [3.05, 3.63) is 35.9 Å². The van der Waals surface area contributed by atoms with Gasteiger partial charge in [0, 0.05) is 6.54 Å². The number of nitrogens with zero attached hydrogens (tertiary/aromatic N) is 1. The molecule has 2 rings (SSSR count). The third kappa shape index (κ3) is 2.27. The summed E-state index contributed by atoms with van der Waals surface area (Å²) in [6, 6.07) is 9.84. The molecule has 1 atom stereocenters. The minimum atomic E-state index is -0.529. The zero-order chi connectivity index (χ0) is 13.2. The van der Waals surface area contributed by atoms with Crippen LogP contribution < -0.4 is 0 Å². The lowest BCUT2D eigenvalue weighted by molar-refractivity contribution is -0.137. The Balaban J connectivity index is 2.22. The Bertz CT molecular complexity index is 414. The number of carbonyl (C=O) groups excluding carboxylic acids is 1. The van der Waals surface area contributed by atoms with Crippen molar-refractivity contribution in [2.45, 2.75) is 38.1 Å². The van der Waals surface area contributed by atoms with Gasteiger partial charge < -0.3 is 10.0 Å². The highest BCUT2D eigenvalue weighted by Gasteiger charge is 2.38. The molecule has 1 fully saturated rings. The number of aliphatic hydroxyl groups is 1. The summed E-state index contributed by atoms with van der Waals surface area (Å²) in [4.78, 5) is 14.5. The first-order chi connectivity index (χ1) is 8.57. The van der Waals surface area contributed by atoms with Crippen molar-refractivity contribution in [3.8, 4) is 0 Å². The van der Waals surface area contributed by atoms with Crippen molar-refractivity contribution in [1.29, 1.82) is 0 Å². The van der Waals surface area contributed by atoms with E-state index in [1.165, 1.54) is 0 Å². The van der Waals surface area contributed by atoms with Crippen molar-refractivity contribution in [3.63, 3.8) is 0 Å². The second-order valence-electron chi connectivity index (χ2n) is 5.47. The fourth-order valence-corrected chi connectivity index (χ4v) is 2.63. The van der Waals surface area contributed by atoms with E-state index in [0.717, 1.165) is 24.9 Å². The molecular formula is C15H21NO2. The highest BCUT2D eigenvalue weighted by atomic mass is 16.3. The lowest BCUT2D eigenvalue weighted by Gasteiger charge is -2.32. The minimum absolute atomic E-state index is 0.000451. The topological polar surface area (TPSA) is 40.5 Å². The van der Waals surface area contributed by atoms with Crippen LogP contribution in [0.1, 0.15) is 32.3 Å². The fraction of sp³-hybridized carbons (Fsp3) is 0.533. The molecule has 1 aromatic carbocycles. The molecule has 1 unspecified atom stereocenters. The van der Waals surface area contributed by atoms with Crippen LogP contribution in [-0.4, -0.2) is 35.1 Å². The zero-order valence-electron chi connectivity index (χ0n) is 11.1. The van der Waals surface area contributed by atoms with Crippen molar-refractivity contribution in [2.75, 3.05) is 13.2 Å². The van der Waals surface area contributed by atoms with Crippen LogP contribution in [0.4, 0.5) is 0 Å². The summed E-state index contributed by atoms with van der Waals surface area (Å²) < 4.78 is 0. The lowest BCUT2D eigenvalue weighted by Crippen LogP contribution is -2.46. The SMILES string of the molecule is CC(C)(C(=O)N1CCCC1CO)c1ccccc1. The molecule has 1 N–H and O–H groups in total. The summed E-state index contributed by atoms with van der Waals surface area (Å²) in [5.41, 5.74) is 0.498. The minimum Gasteiger partial charge on any atom is -0.394 e. The Morgan fingerprint density at radius 1 is 1.39 bits per heavy atom. The Hall–Kier alpha value is -1.35. The molecule has 1 amide bonds. The molecule has 1 heterocycles. The molecule has 3 nitrogen and oxygen atoms in total. The van der Waals surface area contributed by atoms with Crippen LogP contribution in [-0.2, 0) is 10.2 Å². The smallest absolute Gasteiger partial charge is 0.232 e. The van der Waals surface area contributed by atoms with Crippen LogP contribution in [0.25, 0.3) is 0 Å². The number of hydrogen-bond donors (Lipinski definition) is 1. The average molecular weight is 247 g/mol. The van der Waals surface area contributed by atoms with Crippen LogP contribution in [0.15, 0.2) is 30.3 Å². The van der Waals surface area contributed by atoms with E-state index in [1.807, 2.05) is 49.1 Å². The largest absolute Gasteiger partial charge is 0.394 e. The van der Waals surface area contributed by atoms with Gasteiger partial charge in [-0.2, -0.15) is 0 Å².